The first-order chi connectivity index (χ1) is 5.20. The van der Waals surface area contributed by atoms with Crippen LogP contribution in [0.2, 0.25) is 0 Å². The highest BCUT2D eigenvalue weighted by molar-refractivity contribution is 7.79. The van der Waals surface area contributed by atoms with Gasteiger partial charge in [-0.3, -0.25) is 0 Å². The molecule has 1 heterocycles. The van der Waals surface area contributed by atoms with E-state index in [-0.39, 0.29) is 0 Å². The Labute approximate surface area is 74.5 Å². The number of nitrogens with zero attached hydrogens (tertiary/aromatic N) is 1. The molecule has 0 saturated heterocycles. The number of thiophene rings is 1. The van der Waals surface area contributed by atoms with Gasteiger partial charge in [0.25, 0.3) is 5.24 Å². The Bertz CT molecular complexity index is 233. The molecule has 0 aromatic carbocycles. The second kappa shape index (κ2) is 3.78. The lowest BCUT2D eigenvalue weighted by Gasteiger charge is -2.12. The van der Waals surface area contributed by atoms with Crippen LogP contribution in [0.5, 0.6) is 0 Å². The Morgan fingerprint density at radius 2 is 2.55 bits per heavy atom. The van der Waals surface area contributed by atoms with Crippen LogP contribution in [0.3, 0.4) is 0 Å². The van der Waals surface area contributed by atoms with Crippen molar-refractivity contribution in [2.45, 2.75) is 6.54 Å². The average molecular weight is 189 g/mol. The number of halogens is 1. The molecule has 0 aliphatic carbocycles. The lowest BCUT2D eigenvalue weighted by molar-refractivity contribution is 0.457. The van der Waals surface area contributed by atoms with Gasteiger partial charge in [-0.05, 0) is 34.6 Å². The van der Waals surface area contributed by atoms with E-state index in [9.17, 15) is 4.39 Å². The van der Waals surface area contributed by atoms with E-state index in [0.29, 0.717) is 6.54 Å². The van der Waals surface area contributed by atoms with Gasteiger partial charge in [-0.25, -0.2) is 0 Å². The third-order valence-corrected chi connectivity index (χ3v) is 2.34. The third kappa shape index (κ3) is 2.55. The summed E-state index contributed by atoms with van der Waals surface area (Å²) in [7, 11) is 1.64. The first-order valence-corrected chi connectivity index (χ1v) is 4.47. The summed E-state index contributed by atoms with van der Waals surface area (Å²) in [6, 6.07) is 1.96. The van der Waals surface area contributed by atoms with E-state index in [1.807, 2.05) is 16.8 Å². The lowest BCUT2D eigenvalue weighted by Crippen LogP contribution is -2.20. The standard InChI is InChI=1S/C7H8FNS2/c1-9(7(8)10)4-6-2-3-11-5-6/h2-3,5H,4H2,1H3. The van der Waals surface area contributed by atoms with Crippen molar-refractivity contribution >= 4 is 28.8 Å². The Morgan fingerprint density at radius 3 is 3.00 bits per heavy atom. The normalized spacial score (nSPS) is 9.64. The minimum atomic E-state index is -0.559. The smallest absolute Gasteiger partial charge is 0.255 e. The van der Waals surface area contributed by atoms with Crippen LogP contribution in [0.25, 0.3) is 0 Å². The molecule has 1 rings (SSSR count). The van der Waals surface area contributed by atoms with Crippen LogP contribution in [0.1, 0.15) is 5.56 Å². The first kappa shape index (κ1) is 8.62. The van der Waals surface area contributed by atoms with Gasteiger partial charge in [-0.2, -0.15) is 15.7 Å². The fraction of sp³-hybridized carbons (Fsp3) is 0.286. The zero-order chi connectivity index (χ0) is 8.27. The molecule has 0 N–H and O–H groups in total. The topological polar surface area (TPSA) is 3.24 Å². The Morgan fingerprint density at radius 1 is 1.82 bits per heavy atom. The zero-order valence-electron chi connectivity index (χ0n) is 6.08. The second-order valence-corrected chi connectivity index (χ2v) is 3.36. The highest BCUT2D eigenvalue weighted by Crippen LogP contribution is 2.08. The average Bonchev–Trinajstić information content (AvgIpc) is 2.39. The molecule has 1 aromatic heterocycles. The molecule has 0 fully saturated rings. The molecule has 60 valence electrons. The number of hydrogen-bond acceptors (Lipinski definition) is 2. The van der Waals surface area contributed by atoms with Gasteiger partial charge >= 0.3 is 0 Å². The maximum absolute atomic E-state index is 12.3. The SMILES string of the molecule is CN(Cc1ccsc1)C(F)=S. The van der Waals surface area contributed by atoms with Gasteiger partial charge in [0.15, 0.2) is 0 Å². The molecule has 0 radical (unpaired) electrons. The van der Waals surface area contributed by atoms with Crippen LogP contribution in [-0.4, -0.2) is 17.2 Å². The van der Waals surface area contributed by atoms with Crippen molar-refractivity contribution in [3.8, 4) is 0 Å². The largest absolute Gasteiger partial charge is 0.338 e. The minimum Gasteiger partial charge on any atom is -0.338 e. The molecule has 1 aromatic rings. The third-order valence-electron chi connectivity index (χ3n) is 1.30. The molecule has 11 heavy (non-hydrogen) atoms. The quantitative estimate of drug-likeness (QED) is 0.399. The van der Waals surface area contributed by atoms with E-state index < -0.39 is 5.24 Å². The summed E-state index contributed by atoms with van der Waals surface area (Å²) in [6.07, 6.45) is 0. The van der Waals surface area contributed by atoms with Crippen LogP contribution >= 0.6 is 23.6 Å². The molecular formula is C7H8FNS2. The predicted molar refractivity (Wildman–Crippen MR) is 49.5 cm³/mol. The van der Waals surface area contributed by atoms with Crippen LogP contribution in [0.15, 0.2) is 16.8 Å². The molecule has 0 spiro atoms. The Kier molecular flexibility index (Phi) is 2.96. The molecule has 0 bridgehead atoms. The summed E-state index contributed by atoms with van der Waals surface area (Å²) in [6.45, 7) is 0.554. The van der Waals surface area contributed by atoms with Crippen LogP contribution in [0.4, 0.5) is 4.39 Å². The Balaban J connectivity index is 2.50. The van der Waals surface area contributed by atoms with E-state index in [1.165, 1.54) is 4.90 Å². The summed E-state index contributed by atoms with van der Waals surface area (Å²) in [5.41, 5.74) is 1.09. The van der Waals surface area contributed by atoms with Gasteiger partial charge in [0.05, 0.1) is 0 Å². The summed E-state index contributed by atoms with van der Waals surface area (Å²) in [5, 5.41) is 3.38. The molecule has 0 aliphatic rings. The maximum atomic E-state index is 12.3. The fourth-order valence-corrected chi connectivity index (χ4v) is 1.44. The van der Waals surface area contributed by atoms with Crippen molar-refractivity contribution in [2.24, 2.45) is 0 Å². The van der Waals surface area contributed by atoms with E-state index in [4.69, 9.17) is 0 Å². The number of rotatable bonds is 2. The van der Waals surface area contributed by atoms with Crippen molar-refractivity contribution in [3.63, 3.8) is 0 Å². The molecule has 1 nitrogen and oxygen atoms in total. The van der Waals surface area contributed by atoms with Crippen molar-refractivity contribution in [2.75, 3.05) is 7.05 Å². The van der Waals surface area contributed by atoms with Gasteiger partial charge < -0.3 is 4.90 Å². The second-order valence-electron chi connectivity index (χ2n) is 2.24. The summed E-state index contributed by atoms with van der Waals surface area (Å²) >= 11 is 5.95. The van der Waals surface area contributed by atoms with Gasteiger partial charge in [0, 0.05) is 13.6 Å². The van der Waals surface area contributed by atoms with E-state index >= 15 is 0 Å². The summed E-state index contributed by atoms with van der Waals surface area (Å²) in [4.78, 5) is 1.40. The highest BCUT2D eigenvalue weighted by atomic mass is 32.1. The van der Waals surface area contributed by atoms with E-state index in [0.717, 1.165) is 5.56 Å². The zero-order valence-corrected chi connectivity index (χ0v) is 7.71. The predicted octanol–water partition coefficient (Wildman–Crippen LogP) is 2.43. The van der Waals surface area contributed by atoms with E-state index in [1.54, 1.807) is 18.4 Å². The number of thiocarbonyl (C=S) groups is 1. The van der Waals surface area contributed by atoms with Crippen molar-refractivity contribution in [1.29, 1.82) is 0 Å². The Hall–Kier alpha value is -0.480. The van der Waals surface area contributed by atoms with Crippen molar-refractivity contribution in [3.05, 3.63) is 22.4 Å². The molecule has 0 saturated carbocycles. The van der Waals surface area contributed by atoms with Crippen molar-refractivity contribution in [1.82, 2.24) is 4.90 Å². The van der Waals surface area contributed by atoms with Gasteiger partial charge in [-0.15, -0.1) is 0 Å². The molecule has 0 aliphatic heterocycles. The molecule has 0 unspecified atom stereocenters. The van der Waals surface area contributed by atoms with E-state index in [2.05, 4.69) is 12.2 Å². The van der Waals surface area contributed by atoms with Crippen LogP contribution in [0, 0.1) is 0 Å². The summed E-state index contributed by atoms with van der Waals surface area (Å²) < 4.78 is 12.3. The molecule has 0 atom stereocenters. The lowest BCUT2D eigenvalue weighted by atomic mass is 10.3. The molecule has 0 amide bonds. The van der Waals surface area contributed by atoms with Crippen LogP contribution < -0.4 is 0 Å². The van der Waals surface area contributed by atoms with Crippen molar-refractivity contribution < 1.29 is 4.39 Å². The summed E-state index contributed by atoms with van der Waals surface area (Å²) in [5.74, 6) is 0. The molecular weight excluding hydrogens is 181 g/mol. The monoisotopic (exact) mass is 189 g/mol. The van der Waals surface area contributed by atoms with Crippen LogP contribution in [-0.2, 0) is 6.54 Å². The fourth-order valence-electron chi connectivity index (χ4n) is 0.719. The maximum Gasteiger partial charge on any atom is 0.255 e. The minimum absolute atomic E-state index is 0.554. The highest BCUT2D eigenvalue weighted by Gasteiger charge is 2.02. The van der Waals surface area contributed by atoms with Gasteiger partial charge in [-0.1, -0.05) is 0 Å². The van der Waals surface area contributed by atoms with Gasteiger partial charge in [0.1, 0.15) is 0 Å². The first-order valence-electron chi connectivity index (χ1n) is 3.12. The van der Waals surface area contributed by atoms with Gasteiger partial charge in [0.2, 0.25) is 0 Å². The molecule has 4 heteroatoms. The number of hydrogen-bond donors (Lipinski definition) is 0.